The zero-order valence-corrected chi connectivity index (χ0v) is 11.8. The average Bonchev–Trinajstić information content (AvgIpc) is 2.43. The number of rotatable bonds is 7. The minimum atomic E-state index is -1.12. The van der Waals surface area contributed by atoms with Crippen LogP contribution in [0.15, 0.2) is 29.4 Å². The predicted octanol–water partition coefficient (Wildman–Crippen LogP) is 3.77. The van der Waals surface area contributed by atoms with E-state index in [0.717, 1.165) is 17.9 Å². The summed E-state index contributed by atoms with van der Waals surface area (Å²) < 4.78 is 5.78. The van der Waals surface area contributed by atoms with Gasteiger partial charge < -0.3 is 9.84 Å². The Labute approximate surface area is 119 Å². The molecule has 0 aromatic heterocycles. The average molecular weight is 275 g/mol. The van der Waals surface area contributed by atoms with Crippen LogP contribution < -0.4 is 4.74 Å². The van der Waals surface area contributed by atoms with Crippen molar-refractivity contribution in [2.45, 2.75) is 38.2 Å². The molecule has 0 aliphatic heterocycles. The summed E-state index contributed by atoms with van der Waals surface area (Å²) in [5, 5.41) is 14.1. The molecule has 1 N–H and O–H groups in total. The van der Waals surface area contributed by atoms with E-state index in [-0.39, 0.29) is 6.54 Å². The van der Waals surface area contributed by atoms with Crippen LogP contribution in [0.25, 0.3) is 10.4 Å². The minimum Gasteiger partial charge on any atom is -0.493 e. The predicted molar refractivity (Wildman–Crippen MR) is 77.5 cm³/mol. The second-order valence-electron chi connectivity index (χ2n) is 5.41. The third-order valence-corrected chi connectivity index (χ3v) is 4.06. The first kappa shape index (κ1) is 14.7. The van der Waals surface area contributed by atoms with Crippen LogP contribution in [0.1, 0.15) is 38.2 Å². The van der Waals surface area contributed by atoms with Gasteiger partial charge in [-0.2, -0.15) is 0 Å². The molecular weight excluding hydrogens is 254 g/mol. The highest BCUT2D eigenvalue weighted by Gasteiger charge is 2.27. The highest BCUT2D eigenvalue weighted by atomic mass is 16.5. The van der Waals surface area contributed by atoms with Crippen molar-refractivity contribution in [3.8, 4) is 5.75 Å². The standard InChI is InChI=1S/C15H21N3O2/c1-2-15(19,11-17-18-16)13-7-4-8-14(9-13)20-10-12-5-3-6-12/h4,7-9,12,19H,2-3,5-6,10-11H2,1H3/t15-/m1/s1. The van der Waals surface area contributed by atoms with Gasteiger partial charge in [0.2, 0.25) is 0 Å². The Balaban J connectivity index is 2.07. The Morgan fingerprint density at radius 1 is 1.50 bits per heavy atom. The van der Waals surface area contributed by atoms with E-state index in [1.807, 2.05) is 31.2 Å². The number of nitrogens with zero attached hydrogens (tertiary/aromatic N) is 3. The summed E-state index contributed by atoms with van der Waals surface area (Å²) in [6.45, 7) is 2.64. The van der Waals surface area contributed by atoms with Crippen molar-refractivity contribution in [2.24, 2.45) is 11.0 Å². The fraction of sp³-hybridized carbons (Fsp3) is 0.600. The van der Waals surface area contributed by atoms with Crippen LogP contribution in [0.4, 0.5) is 0 Å². The van der Waals surface area contributed by atoms with Crippen LogP contribution in [-0.4, -0.2) is 18.3 Å². The maximum atomic E-state index is 10.6. The molecule has 1 fully saturated rings. The Bertz CT molecular complexity index is 496. The number of azide groups is 1. The van der Waals surface area contributed by atoms with E-state index in [4.69, 9.17) is 10.3 Å². The van der Waals surface area contributed by atoms with Crippen LogP contribution in [0, 0.1) is 5.92 Å². The van der Waals surface area contributed by atoms with Gasteiger partial charge in [0, 0.05) is 4.91 Å². The van der Waals surface area contributed by atoms with E-state index in [9.17, 15) is 5.11 Å². The maximum absolute atomic E-state index is 10.6. The van der Waals surface area contributed by atoms with E-state index in [0.29, 0.717) is 12.3 Å². The van der Waals surface area contributed by atoms with Crippen molar-refractivity contribution in [3.63, 3.8) is 0 Å². The molecule has 0 amide bonds. The van der Waals surface area contributed by atoms with Crippen LogP contribution in [0.3, 0.4) is 0 Å². The molecule has 1 atom stereocenters. The summed E-state index contributed by atoms with van der Waals surface area (Å²) >= 11 is 0. The molecule has 108 valence electrons. The summed E-state index contributed by atoms with van der Waals surface area (Å²) in [7, 11) is 0. The smallest absolute Gasteiger partial charge is 0.119 e. The van der Waals surface area contributed by atoms with Gasteiger partial charge in [0.25, 0.3) is 0 Å². The largest absolute Gasteiger partial charge is 0.493 e. The number of hydrogen-bond donors (Lipinski definition) is 1. The van der Waals surface area contributed by atoms with E-state index < -0.39 is 5.60 Å². The van der Waals surface area contributed by atoms with Crippen molar-refractivity contribution >= 4 is 0 Å². The third kappa shape index (κ3) is 3.44. The fourth-order valence-electron chi connectivity index (χ4n) is 2.30. The van der Waals surface area contributed by atoms with Crippen LogP contribution in [-0.2, 0) is 5.60 Å². The normalized spacial score (nSPS) is 17.7. The first-order valence-electron chi connectivity index (χ1n) is 7.14. The van der Waals surface area contributed by atoms with Gasteiger partial charge in [-0.1, -0.05) is 30.6 Å². The lowest BCUT2D eigenvalue weighted by Crippen LogP contribution is -2.28. The van der Waals surface area contributed by atoms with Gasteiger partial charge in [-0.05, 0) is 48.4 Å². The van der Waals surface area contributed by atoms with Crippen LogP contribution in [0.5, 0.6) is 5.75 Å². The van der Waals surface area contributed by atoms with Crippen molar-refractivity contribution in [1.82, 2.24) is 0 Å². The molecule has 0 saturated heterocycles. The van der Waals surface area contributed by atoms with E-state index in [1.165, 1.54) is 19.3 Å². The molecule has 0 heterocycles. The van der Waals surface area contributed by atoms with Gasteiger partial charge in [0.1, 0.15) is 5.75 Å². The van der Waals surface area contributed by atoms with Gasteiger partial charge in [-0.15, -0.1) is 0 Å². The molecule has 1 aromatic rings. The SMILES string of the molecule is CC[C@@](O)(CN=[N+]=[N-])c1cccc(OCC2CCC2)c1. The Kier molecular flexibility index (Phi) is 4.88. The van der Waals surface area contributed by atoms with E-state index in [1.54, 1.807) is 0 Å². The van der Waals surface area contributed by atoms with Crippen molar-refractivity contribution < 1.29 is 9.84 Å². The van der Waals surface area contributed by atoms with E-state index >= 15 is 0 Å². The third-order valence-electron chi connectivity index (χ3n) is 4.06. The molecule has 1 aromatic carbocycles. The minimum absolute atomic E-state index is 0.0338. The lowest BCUT2D eigenvalue weighted by atomic mass is 9.86. The topological polar surface area (TPSA) is 78.2 Å². The van der Waals surface area contributed by atoms with Gasteiger partial charge in [0.15, 0.2) is 0 Å². The fourth-order valence-corrected chi connectivity index (χ4v) is 2.30. The Morgan fingerprint density at radius 3 is 2.90 bits per heavy atom. The summed E-state index contributed by atoms with van der Waals surface area (Å²) in [6, 6.07) is 7.44. The van der Waals surface area contributed by atoms with Gasteiger partial charge in [-0.3, -0.25) is 0 Å². The lowest BCUT2D eigenvalue weighted by Gasteiger charge is -2.27. The van der Waals surface area contributed by atoms with E-state index in [2.05, 4.69) is 10.0 Å². The molecule has 20 heavy (non-hydrogen) atoms. The summed E-state index contributed by atoms with van der Waals surface area (Å²) in [5.74, 6) is 1.44. The molecule has 1 aliphatic rings. The first-order chi connectivity index (χ1) is 9.68. The molecule has 1 aliphatic carbocycles. The quantitative estimate of drug-likeness (QED) is 0.467. The lowest BCUT2D eigenvalue weighted by molar-refractivity contribution is 0.0416. The summed E-state index contributed by atoms with van der Waals surface area (Å²) in [4.78, 5) is 2.73. The van der Waals surface area contributed by atoms with Crippen LogP contribution >= 0.6 is 0 Å². The first-order valence-corrected chi connectivity index (χ1v) is 7.14. The molecule has 5 heteroatoms. The second-order valence-corrected chi connectivity index (χ2v) is 5.41. The summed E-state index contributed by atoms with van der Waals surface area (Å²) in [5.41, 5.74) is 8.04. The number of ether oxygens (including phenoxy) is 1. The van der Waals surface area contributed by atoms with Crippen molar-refractivity contribution in [1.29, 1.82) is 0 Å². The highest BCUT2D eigenvalue weighted by Crippen LogP contribution is 2.30. The van der Waals surface area contributed by atoms with Gasteiger partial charge in [0.05, 0.1) is 18.8 Å². The molecule has 5 nitrogen and oxygen atoms in total. The highest BCUT2D eigenvalue weighted by molar-refractivity contribution is 5.32. The maximum Gasteiger partial charge on any atom is 0.119 e. The Morgan fingerprint density at radius 2 is 2.30 bits per heavy atom. The zero-order valence-electron chi connectivity index (χ0n) is 11.8. The zero-order chi connectivity index (χ0) is 14.4. The number of benzene rings is 1. The molecule has 0 bridgehead atoms. The monoisotopic (exact) mass is 275 g/mol. The molecule has 2 rings (SSSR count). The number of aliphatic hydroxyl groups is 1. The second kappa shape index (κ2) is 6.64. The molecule has 0 unspecified atom stereocenters. The Hall–Kier alpha value is -1.71. The number of hydrogen-bond acceptors (Lipinski definition) is 3. The van der Waals surface area contributed by atoms with Crippen LogP contribution in [0.2, 0.25) is 0 Å². The van der Waals surface area contributed by atoms with Crippen molar-refractivity contribution in [2.75, 3.05) is 13.2 Å². The van der Waals surface area contributed by atoms with Gasteiger partial charge >= 0.3 is 0 Å². The molecule has 1 saturated carbocycles. The summed E-state index contributed by atoms with van der Waals surface area (Å²) in [6.07, 6.45) is 4.28. The molecular formula is C15H21N3O2. The van der Waals surface area contributed by atoms with Crippen molar-refractivity contribution in [3.05, 3.63) is 40.3 Å². The van der Waals surface area contributed by atoms with Gasteiger partial charge in [-0.25, -0.2) is 0 Å². The molecule has 0 radical (unpaired) electrons. The molecule has 0 spiro atoms.